The van der Waals surface area contributed by atoms with Gasteiger partial charge in [0.25, 0.3) is 0 Å². The third-order valence-corrected chi connectivity index (χ3v) is 3.11. The van der Waals surface area contributed by atoms with Gasteiger partial charge in [-0.25, -0.2) is 0 Å². The van der Waals surface area contributed by atoms with Crippen LogP contribution in [0.4, 0.5) is 5.95 Å². The first-order valence-electron chi connectivity index (χ1n) is 5.57. The second kappa shape index (κ2) is 5.64. The van der Waals surface area contributed by atoms with E-state index in [1.54, 1.807) is 0 Å². The number of anilines is 1. The second-order valence-corrected chi connectivity index (χ2v) is 4.71. The molecule has 2 rings (SSSR count). The van der Waals surface area contributed by atoms with Crippen LogP contribution >= 0.6 is 23.2 Å². The monoisotopic (exact) mass is 260 g/mol. The number of rotatable bonds is 2. The minimum atomic E-state index is 0.135. The van der Waals surface area contributed by atoms with Gasteiger partial charge in [0.05, 0.1) is 0 Å². The molecule has 4 nitrogen and oxygen atoms in total. The van der Waals surface area contributed by atoms with Crippen molar-refractivity contribution in [1.29, 1.82) is 0 Å². The molecule has 0 bridgehead atoms. The summed E-state index contributed by atoms with van der Waals surface area (Å²) < 4.78 is 0. The van der Waals surface area contributed by atoms with Gasteiger partial charge in [-0.2, -0.15) is 15.0 Å². The van der Waals surface area contributed by atoms with E-state index in [2.05, 4.69) is 20.3 Å². The van der Waals surface area contributed by atoms with Crippen LogP contribution in [0.2, 0.25) is 10.6 Å². The minimum absolute atomic E-state index is 0.135. The highest BCUT2D eigenvalue weighted by atomic mass is 35.5. The lowest BCUT2D eigenvalue weighted by Crippen LogP contribution is -2.20. The molecule has 0 atom stereocenters. The van der Waals surface area contributed by atoms with Gasteiger partial charge in [-0.1, -0.05) is 25.7 Å². The Kier molecular flexibility index (Phi) is 4.18. The largest absolute Gasteiger partial charge is 0.351 e. The Morgan fingerprint density at radius 2 is 1.44 bits per heavy atom. The highest BCUT2D eigenvalue weighted by Gasteiger charge is 2.13. The number of halogens is 2. The van der Waals surface area contributed by atoms with E-state index < -0.39 is 0 Å². The predicted molar refractivity (Wildman–Crippen MR) is 65.0 cm³/mol. The van der Waals surface area contributed by atoms with Gasteiger partial charge in [0.15, 0.2) is 0 Å². The molecule has 0 amide bonds. The fourth-order valence-electron chi connectivity index (χ4n) is 2.00. The van der Waals surface area contributed by atoms with Crippen molar-refractivity contribution in [1.82, 2.24) is 15.0 Å². The van der Waals surface area contributed by atoms with Gasteiger partial charge >= 0.3 is 0 Å². The first-order valence-corrected chi connectivity index (χ1v) is 6.33. The van der Waals surface area contributed by atoms with Crippen LogP contribution < -0.4 is 5.32 Å². The van der Waals surface area contributed by atoms with Crippen LogP contribution in [0.15, 0.2) is 0 Å². The Morgan fingerprint density at radius 1 is 0.875 bits per heavy atom. The summed E-state index contributed by atoms with van der Waals surface area (Å²) in [6, 6.07) is 0.428. The lowest BCUT2D eigenvalue weighted by atomic mass is 10.1. The van der Waals surface area contributed by atoms with Gasteiger partial charge in [-0.3, -0.25) is 0 Å². The minimum Gasteiger partial charge on any atom is -0.351 e. The van der Waals surface area contributed by atoms with E-state index in [0.29, 0.717) is 12.0 Å². The fourth-order valence-corrected chi connectivity index (χ4v) is 2.36. The molecule has 1 aliphatic rings. The molecule has 1 aromatic rings. The Hall–Kier alpha value is -0.610. The van der Waals surface area contributed by atoms with Crippen LogP contribution in [0.25, 0.3) is 0 Å². The van der Waals surface area contributed by atoms with Crippen molar-refractivity contribution >= 4 is 29.2 Å². The van der Waals surface area contributed by atoms with Crippen molar-refractivity contribution in [2.45, 2.75) is 44.6 Å². The molecule has 1 N–H and O–H groups in total. The first kappa shape index (κ1) is 11.9. The molecular formula is C10H14Cl2N4. The van der Waals surface area contributed by atoms with Gasteiger partial charge in [-0.15, -0.1) is 0 Å². The molecule has 6 heteroatoms. The number of aromatic nitrogens is 3. The van der Waals surface area contributed by atoms with Crippen LogP contribution in [0.3, 0.4) is 0 Å². The summed E-state index contributed by atoms with van der Waals surface area (Å²) in [4.78, 5) is 11.7. The van der Waals surface area contributed by atoms with E-state index in [4.69, 9.17) is 23.2 Å². The van der Waals surface area contributed by atoms with Gasteiger partial charge < -0.3 is 5.32 Å². The van der Waals surface area contributed by atoms with E-state index in [0.717, 1.165) is 12.8 Å². The normalized spacial score (nSPS) is 18.1. The predicted octanol–water partition coefficient (Wildman–Crippen LogP) is 3.31. The van der Waals surface area contributed by atoms with Crippen molar-refractivity contribution in [2.75, 3.05) is 5.32 Å². The topological polar surface area (TPSA) is 50.7 Å². The van der Waals surface area contributed by atoms with Gasteiger partial charge in [-0.05, 0) is 36.0 Å². The summed E-state index contributed by atoms with van der Waals surface area (Å²) in [6.07, 6.45) is 7.45. The molecule has 0 aromatic carbocycles. The SMILES string of the molecule is Clc1nc(Cl)nc(NC2CCCCCC2)n1. The Balaban J connectivity index is 2.01. The van der Waals surface area contributed by atoms with Crippen molar-refractivity contribution in [2.24, 2.45) is 0 Å². The van der Waals surface area contributed by atoms with E-state index >= 15 is 0 Å². The fraction of sp³-hybridized carbons (Fsp3) is 0.700. The molecule has 0 unspecified atom stereocenters. The van der Waals surface area contributed by atoms with Crippen LogP contribution in [-0.2, 0) is 0 Å². The van der Waals surface area contributed by atoms with Crippen LogP contribution in [0.5, 0.6) is 0 Å². The summed E-state index contributed by atoms with van der Waals surface area (Å²) in [6.45, 7) is 0. The van der Waals surface area contributed by atoms with E-state index in [1.807, 2.05) is 0 Å². The number of nitrogens with one attached hydrogen (secondary N) is 1. The average molecular weight is 261 g/mol. The lowest BCUT2D eigenvalue weighted by molar-refractivity contribution is 0.614. The molecule has 0 aliphatic heterocycles. The number of hydrogen-bond acceptors (Lipinski definition) is 4. The highest BCUT2D eigenvalue weighted by Crippen LogP contribution is 2.20. The third-order valence-electron chi connectivity index (χ3n) is 2.77. The maximum absolute atomic E-state index is 5.71. The molecule has 88 valence electrons. The maximum Gasteiger partial charge on any atom is 0.228 e. The van der Waals surface area contributed by atoms with Crippen LogP contribution in [0.1, 0.15) is 38.5 Å². The summed E-state index contributed by atoms with van der Waals surface area (Å²) in [5.41, 5.74) is 0. The number of hydrogen-bond donors (Lipinski definition) is 1. The zero-order valence-corrected chi connectivity index (χ0v) is 10.4. The standard InChI is InChI=1S/C10H14Cl2N4/c11-8-14-9(12)16-10(15-8)13-7-5-3-1-2-4-6-7/h7H,1-6H2,(H,13,14,15,16). The number of nitrogens with zero attached hydrogens (tertiary/aromatic N) is 3. The van der Waals surface area contributed by atoms with Gasteiger partial charge in [0.2, 0.25) is 16.5 Å². The molecule has 1 fully saturated rings. The van der Waals surface area contributed by atoms with Gasteiger partial charge in [0, 0.05) is 6.04 Å². The summed E-state index contributed by atoms with van der Waals surface area (Å²) in [5.74, 6) is 0.483. The molecule has 0 saturated heterocycles. The van der Waals surface area contributed by atoms with E-state index in [-0.39, 0.29) is 10.6 Å². The summed E-state index contributed by atoms with van der Waals surface area (Å²) >= 11 is 11.4. The molecule has 1 aromatic heterocycles. The zero-order chi connectivity index (χ0) is 11.4. The molecule has 16 heavy (non-hydrogen) atoms. The van der Waals surface area contributed by atoms with Crippen molar-refractivity contribution in [3.05, 3.63) is 10.6 Å². The van der Waals surface area contributed by atoms with E-state index in [1.165, 1.54) is 25.7 Å². The lowest BCUT2D eigenvalue weighted by Gasteiger charge is -2.15. The van der Waals surface area contributed by atoms with Crippen LogP contribution in [-0.4, -0.2) is 21.0 Å². The van der Waals surface area contributed by atoms with Gasteiger partial charge in [0.1, 0.15) is 0 Å². The summed E-state index contributed by atoms with van der Waals surface area (Å²) in [5, 5.41) is 3.54. The second-order valence-electron chi connectivity index (χ2n) is 4.03. The zero-order valence-electron chi connectivity index (χ0n) is 8.92. The molecule has 0 radical (unpaired) electrons. The first-order chi connectivity index (χ1) is 7.74. The molecule has 1 saturated carbocycles. The maximum atomic E-state index is 5.71. The van der Waals surface area contributed by atoms with Crippen molar-refractivity contribution < 1.29 is 0 Å². The molecule has 1 heterocycles. The van der Waals surface area contributed by atoms with Crippen LogP contribution in [0, 0.1) is 0 Å². The van der Waals surface area contributed by atoms with E-state index in [9.17, 15) is 0 Å². The summed E-state index contributed by atoms with van der Waals surface area (Å²) in [7, 11) is 0. The Bertz CT molecular complexity index is 330. The molecule has 1 aliphatic carbocycles. The van der Waals surface area contributed by atoms with Crippen molar-refractivity contribution in [3.63, 3.8) is 0 Å². The highest BCUT2D eigenvalue weighted by molar-refractivity contribution is 6.31. The molecular weight excluding hydrogens is 247 g/mol. The quantitative estimate of drug-likeness (QED) is 0.830. The molecule has 0 spiro atoms. The smallest absolute Gasteiger partial charge is 0.228 e. The average Bonchev–Trinajstić information content (AvgIpc) is 2.44. The Labute approximate surface area is 105 Å². The Morgan fingerprint density at radius 3 is 2.00 bits per heavy atom. The third kappa shape index (κ3) is 3.46. The van der Waals surface area contributed by atoms with Crippen molar-refractivity contribution in [3.8, 4) is 0 Å².